The van der Waals surface area contributed by atoms with Crippen LogP contribution in [0.15, 0.2) is 23.1 Å². The molecule has 2 N–H and O–H groups in total. The molecule has 4 nitrogen and oxygen atoms in total. The fourth-order valence-electron chi connectivity index (χ4n) is 1.31. The SMILES string of the molecule is CCC(O)CNS(=O)(=O)c1ccc(C)c(C)c1. The van der Waals surface area contributed by atoms with Crippen LogP contribution in [0, 0.1) is 13.8 Å². The fourth-order valence-corrected chi connectivity index (χ4v) is 2.47. The van der Waals surface area contributed by atoms with Crippen molar-refractivity contribution in [2.75, 3.05) is 6.54 Å². The van der Waals surface area contributed by atoms with Crippen LogP contribution >= 0.6 is 0 Å². The Bertz CT molecular complexity index is 483. The molecule has 0 saturated carbocycles. The lowest BCUT2D eigenvalue weighted by atomic mass is 10.1. The summed E-state index contributed by atoms with van der Waals surface area (Å²) in [6, 6.07) is 4.99. The van der Waals surface area contributed by atoms with Crippen molar-refractivity contribution in [2.24, 2.45) is 0 Å². The van der Waals surface area contributed by atoms with Crippen LogP contribution in [-0.4, -0.2) is 26.2 Å². The van der Waals surface area contributed by atoms with Gasteiger partial charge in [-0.3, -0.25) is 0 Å². The zero-order valence-electron chi connectivity index (χ0n) is 10.4. The van der Waals surface area contributed by atoms with Gasteiger partial charge in [-0.05, 0) is 43.5 Å². The van der Waals surface area contributed by atoms with E-state index in [0.717, 1.165) is 11.1 Å². The molecule has 0 heterocycles. The first-order chi connectivity index (χ1) is 7.86. The number of hydrogen-bond donors (Lipinski definition) is 2. The van der Waals surface area contributed by atoms with E-state index in [1.165, 1.54) is 0 Å². The highest BCUT2D eigenvalue weighted by molar-refractivity contribution is 7.89. The van der Waals surface area contributed by atoms with Crippen molar-refractivity contribution < 1.29 is 13.5 Å². The first kappa shape index (κ1) is 14.2. The van der Waals surface area contributed by atoms with Gasteiger partial charge < -0.3 is 5.11 Å². The van der Waals surface area contributed by atoms with Gasteiger partial charge in [0.1, 0.15) is 0 Å². The second kappa shape index (κ2) is 5.62. The molecule has 5 heteroatoms. The van der Waals surface area contributed by atoms with Crippen LogP contribution in [0.25, 0.3) is 0 Å². The number of aliphatic hydroxyl groups is 1. The summed E-state index contributed by atoms with van der Waals surface area (Å²) in [5.41, 5.74) is 1.99. The molecule has 0 amide bonds. The Balaban J connectivity index is 2.86. The number of sulfonamides is 1. The van der Waals surface area contributed by atoms with Crippen LogP contribution in [-0.2, 0) is 10.0 Å². The second-order valence-electron chi connectivity index (χ2n) is 4.16. The molecule has 1 unspecified atom stereocenters. The molecule has 0 fully saturated rings. The van der Waals surface area contributed by atoms with E-state index in [-0.39, 0.29) is 11.4 Å². The molecule has 0 aliphatic heterocycles. The monoisotopic (exact) mass is 257 g/mol. The standard InChI is InChI=1S/C12H19NO3S/c1-4-11(14)8-13-17(15,16)12-6-5-9(2)10(3)7-12/h5-7,11,13-14H,4,8H2,1-3H3. The lowest BCUT2D eigenvalue weighted by Crippen LogP contribution is -2.31. The van der Waals surface area contributed by atoms with E-state index in [2.05, 4.69) is 4.72 Å². The maximum Gasteiger partial charge on any atom is 0.240 e. The molecule has 0 aliphatic rings. The van der Waals surface area contributed by atoms with Crippen molar-refractivity contribution in [3.8, 4) is 0 Å². The van der Waals surface area contributed by atoms with Gasteiger partial charge in [-0.15, -0.1) is 0 Å². The molecule has 96 valence electrons. The number of hydrogen-bond acceptors (Lipinski definition) is 3. The topological polar surface area (TPSA) is 66.4 Å². The van der Waals surface area contributed by atoms with E-state index >= 15 is 0 Å². The Morgan fingerprint density at radius 3 is 2.47 bits per heavy atom. The third-order valence-corrected chi connectivity index (χ3v) is 4.19. The predicted octanol–water partition coefficient (Wildman–Crippen LogP) is 1.35. The van der Waals surface area contributed by atoms with E-state index in [1.807, 2.05) is 13.8 Å². The van der Waals surface area contributed by atoms with Crippen LogP contribution in [0.4, 0.5) is 0 Å². The van der Waals surface area contributed by atoms with E-state index in [9.17, 15) is 13.5 Å². The predicted molar refractivity (Wildman–Crippen MR) is 67.4 cm³/mol. The van der Waals surface area contributed by atoms with E-state index in [1.54, 1.807) is 25.1 Å². The Morgan fingerprint density at radius 2 is 1.94 bits per heavy atom. The molecule has 0 radical (unpaired) electrons. The summed E-state index contributed by atoms with van der Waals surface area (Å²) in [4.78, 5) is 0.240. The minimum atomic E-state index is -3.51. The third kappa shape index (κ3) is 3.80. The Hall–Kier alpha value is -0.910. The first-order valence-electron chi connectivity index (χ1n) is 5.61. The Morgan fingerprint density at radius 1 is 1.29 bits per heavy atom. The third-order valence-electron chi connectivity index (χ3n) is 2.77. The summed E-state index contributed by atoms with van der Waals surface area (Å²) < 4.78 is 26.2. The lowest BCUT2D eigenvalue weighted by molar-refractivity contribution is 0.174. The summed E-state index contributed by atoms with van der Waals surface area (Å²) in [5.74, 6) is 0. The molecule has 1 aromatic rings. The maximum atomic E-state index is 11.9. The van der Waals surface area contributed by atoms with Gasteiger partial charge in [-0.1, -0.05) is 13.0 Å². The highest BCUT2D eigenvalue weighted by atomic mass is 32.2. The van der Waals surface area contributed by atoms with E-state index in [0.29, 0.717) is 6.42 Å². The molecule has 0 bridgehead atoms. The van der Waals surface area contributed by atoms with Crippen molar-refractivity contribution in [1.29, 1.82) is 0 Å². The summed E-state index contributed by atoms with van der Waals surface area (Å²) >= 11 is 0. The van der Waals surface area contributed by atoms with Gasteiger partial charge in [0.15, 0.2) is 0 Å². The molecule has 0 aliphatic carbocycles. The van der Waals surface area contributed by atoms with Crippen LogP contribution in [0.3, 0.4) is 0 Å². The van der Waals surface area contributed by atoms with Crippen molar-refractivity contribution in [3.05, 3.63) is 29.3 Å². The van der Waals surface area contributed by atoms with Crippen molar-refractivity contribution in [3.63, 3.8) is 0 Å². The van der Waals surface area contributed by atoms with Gasteiger partial charge in [0.05, 0.1) is 11.0 Å². The minimum Gasteiger partial charge on any atom is -0.392 e. The zero-order chi connectivity index (χ0) is 13.1. The molecule has 0 spiro atoms. The highest BCUT2D eigenvalue weighted by Crippen LogP contribution is 2.14. The molecular weight excluding hydrogens is 238 g/mol. The molecule has 1 aromatic carbocycles. The van der Waals surface area contributed by atoms with Crippen LogP contribution in [0.5, 0.6) is 0 Å². The number of aliphatic hydroxyl groups excluding tert-OH is 1. The Labute approximate surface area is 103 Å². The number of nitrogens with one attached hydrogen (secondary N) is 1. The van der Waals surface area contributed by atoms with Gasteiger partial charge in [0, 0.05) is 6.54 Å². The van der Waals surface area contributed by atoms with Crippen LogP contribution in [0.1, 0.15) is 24.5 Å². The number of benzene rings is 1. The number of aryl methyl sites for hydroxylation is 2. The van der Waals surface area contributed by atoms with Crippen molar-refractivity contribution in [2.45, 2.75) is 38.2 Å². The van der Waals surface area contributed by atoms with E-state index < -0.39 is 16.1 Å². The maximum absolute atomic E-state index is 11.9. The second-order valence-corrected chi connectivity index (χ2v) is 5.93. The first-order valence-corrected chi connectivity index (χ1v) is 7.10. The fraction of sp³-hybridized carbons (Fsp3) is 0.500. The average molecular weight is 257 g/mol. The van der Waals surface area contributed by atoms with E-state index in [4.69, 9.17) is 0 Å². The summed E-state index contributed by atoms with van der Waals surface area (Å²) in [7, 11) is -3.51. The molecule has 17 heavy (non-hydrogen) atoms. The smallest absolute Gasteiger partial charge is 0.240 e. The molecule has 1 atom stereocenters. The molecule has 0 saturated heterocycles. The molecule has 0 aromatic heterocycles. The lowest BCUT2D eigenvalue weighted by Gasteiger charge is -2.11. The molecule has 1 rings (SSSR count). The van der Waals surface area contributed by atoms with Gasteiger partial charge in [-0.2, -0.15) is 0 Å². The van der Waals surface area contributed by atoms with Gasteiger partial charge in [0.25, 0.3) is 0 Å². The average Bonchev–Trinajstić information content (AvgIpc) is 2.29. The summed E-state index contributed by atoms with van der Waals surface area (Å²) in [6.45, 7) is 5.65. The van der Waals surface area contributed by atoms with Crippen LogP contribution in [0.2, 0.25) is 0 Å². The zero-order valence-corrected chi connectivity index (χ0v) is 11.2. The normalized spacial score (nSPS) is 13.6. The summed E-state index contributed by atoms with van der Waals surface area (Å²) in [6.07, 6.45) is -0.119. The molecular formula is C12H19NO3S. The van der Waals surface area contributed by atoms with Crippen LogP contribution < -0.4 is 4.72 Å². The largest absolute Gasteiger partial charge is 0.392 e. The number of rotatable bonds is 5. The Kier molecular flexibility index (Phi) is 4.68. The quantitative estimate of drug-likeness (QED) is 0.837. The van der Waals surface area contributed by atoms with Crippen molar-refractivity contribution >= 4 is 10.0 Å². The van der Waals surface area contributed by atoms with Gasteiger partial charge in [0.2, 0.25) is 10.0 Å². The summed E-state index contributed by atoms with van der Waals surface area (Å²) in [5, 5.41) is 9.34. The highest BCUT2D eigenvalue weighted by Gasteiger charge is 2.15. The van der Waals surface area contributed by atoms with Gasteiger partial charge >= 0.3 is 0 Å². The van der Waals surface area contributed by atoms with Gasteiger partial charge in [-0.25, -0.2) is 13.1 Å². The minimum absolute atomic E-state index is 0.0474. The van der Waals surface area contributed by atoms with Crippen molar-refractivity contribution in [1.82, 2.24) is 4.72 Å².